The van der Waals surface area contributed by atoms with E-state index in [2.05, 4.69) is 0 Å². The Morgan fingerprint density at radius 3 is 0.947 bits per heavy atom. The summed E-state index contributed by atoms with van der Waals surface area (Å²) in [6, 6.07) is 7.93. The fraction of sp³-hybridized carbons (Fsp3) is 0. The third-order valence-electron chi connectivity index (χ3n) is 4.32. The largest absolute Gasteiger partial charge is 0.543 e. The Balaban J connectivity index is 2.00. The lowest BCUT2D eigenvalue weighted by Gasteiger charge is -2.30. The van der Waals surface area contributed by atoms with E-state index in [1.165, 1.54) is 36.4 Å². The number of hydrazine groups is 3. The van der Waals surface area contributed by atoms with E-state index < -0.39 is 7.82 Å². The van der Waals surface area contributed by atoms with Crippen molar-refractivity contribution in [2.75, 3.05) is 15.5 Å². The predicted molar refractivity (Wildman–Crippen MR) is 155 cm³/mol. The van der Waals surface area contributed by atoms with E-state index in [1.807, 2.05) is 0 Å². The van der Waals surface area contributed by atoms with Crippen LogP contribution in [0.3, 0.4) is 0 Å². The molecule has 0 heterocycles. The van der Waals surface area contributed by atoms with E-state index in [4.69, 9.17) is 136 Å². The minimum Gasteiger partial charge on any atom is -0.222 e. The van der Waals surface area contributed by atoms with Crippen molar-refractivity contribution < 1.29 is 18.4 Å². The zero-order valence-electron chi connectivity index (χ0n) is 18.0. The maximum atomic E-state index is 13.8. The van der Waals surface area contributed by atoms with Gasteiger partial charge in [-0.2, -0.15) is 15.5 Å². The van der Waals surface area contributed by atoms with Gasteiger partial charge in [0.15, 0.2) is 0 Å². The van der Waals surface area contributed by atoms with E-state index in [9.17, 15) is 4.57 Å². The number of hydrogen-bond acceptors (Lipinski definition) is 10. The summed E-state index contributed by atoms with van der Waals surface area (Å²) >= 11 is 54.5. The van der Waals surface area contributed by atoms with Crippen LogP contribution in [0.4, 0.5) is 17.1 Å². The van der Waals surface area contributed by atoms with Gasteiger partial charge in [0.1, 0.15) is 17.1 Å². The Hall–Kier alpha value is -0.340. The predicted octanol–water partition coefficient (Wildman–Crippen LogP) is 8.91. The van der Waals surface area contributed by atoms with Gasteiger partial charge >= 0.3 is 7.82 Å². The minimum atomic E-state index is -5.03. The average Bonchev–Trinajstić information content (AvgIpc) is 2.84. The van der Waals surface area contributed by atoms with Crippen molar-refractivity contribution in [3.8, 4) is 0 Å². The molecule has 0 fully saturated rings. The summed E-state index contributed by atoms with van der Waals surface area (Å²) in [7, 11) is -5.03. The molecule has 38 heavy (non-hydrogen) atoms. The molecule has 3 aromatic carbocycles. The number of phosphoric acid groups is 1. The van der Waals surface area contributed by atoms with Crippen molar-refractivity contribution >= 4 is 129 Å². The summed E-state index contributed by atoms with van der Waals surface area (Å²) in [4.78, 5) is 0. The molecule has 0 aromatic heterocycles. The number of nitrogens with two attached hydrogens (primary N) is 3. The minimum absolute atomic E-state index is 0.0763. The molecule has 3 rings (SSSR count). The van der Waals surface area contributed by atoms with Gasteiger partial charge in [-0.25, -0.2) is 22.1 Å². The first-order chi connectivity index (χ1) is 17.7. The first-order valence-corrected chi connectivity index (χ1v) is 14.3. The van der Waals surface area contributed by atoms with Gasteiger partial charge in [-0.05, 0) is 36.4 Å². The van der Waals surface area contributed by atoms with Gasteiger partial charge in [0.05, 0.1) is 45.2 Å². The number of rotatable bonds is 9. The molecule has 206 valence electrons. The van der Waals surface area contributed by atoms with Crippen LogP contribution in [0, 0.1) is 0 Å². The molecule has 0 saturated carbocycles. The molecule has 0 aliphatic rings. The Bertz CT molecular complexity index is 1260. The quantitative estimate of drug-likeness (QED) is 0.0850. The van der Waals surface area contributed by atoms with Crippen LogP contribution in [0.25, 0.3) is 0 Å². The summed E-state index contributed by atoms with van der Waals surface area (Å²) in [5, 5.41) is 0.845. The van der Waals surface area contributed by atoms with E-state index >= 15 is 0 Å². The van der Waals surface area contributed by atoms with Gasteiger partial charge in [0, 0.05) is 0 Å². The van der Waals surface area contributed by atoms with E-state index in [0.29, 0.717) is 15.5 Å². The highest BCUT2D eigenvalue weighted by Crippen LogP contribution is 2.54. The molecule has 0 radical (unpaired) electrons. The molecule has 0 aliphatic heterocycles. The van der Waals surface area contributed by atoms with Crippen LogP contribution in [-0.2, 0) is 18.4 Å². The fourth-order valence-corrected chi connectivity index (χ4v) is 5.40. The zero-order chi connectivity index (χ0) is 28.5. The van der Waals surface area contributed by atoms with Crippen LogP contribution in [-0.4, -0.2) is 0 Å². The topological polar surface area (TPSA) is 133 Å². The fourth-order valence-electron chi connectivity index (χ4n) is 2.56. The van der Waals surface area contributed by atoms with Crippen LogP contribution >= 0.6 is 112 Å². The van der Waals surface area contributed by atoms with Crippen molar-refractivity contribution in [1.82, 2.24) is 0 Å². The molecule has 10 nitrogen and oxygen atoms in total. The van der Waals surface area contributed by atoms with Gasteiger partial charge in [0.25, 0.3) is 0 Å². The molecule has 20 heteroatoms. The van der Waals surface area contributed by atoms with Crippen molar-refractivity contribution in [1.29, 1.82) is 0 Å². The summed E-state index contributed by atoms with van der Waals surface area (Å²) < 4.78 is 29.6. The molecule has 0 unspecified atom stereocenters. The summed E-state index contributed by atoms with van der Waals surface area (Å²) in [6.45, 7) is 0. The molecule has 0 saturated heterocycles. The van der Waals surface area contributed by atoms with Gasteiger partial charge in [-0.1, -0.05) is 104 Å². The van der Waals surface area contributed by atoms with Crippen molar-refractivity contribution in [2.24, 2.45) is 17.5 Å². The van der Waals surface area contributed by atoms with Crippen LogP contribution in [0.1, 0.15) is 0 Å². The average molecular weight is 726 g/mol. The van der Waals surface area contributed by atoms with Crippen LogP contribution in [0.15, 0.2) is 36.4 Å². The molecular weight excluding hydrogens is 714 g/mol. The Morgan fingerprint density at radius 2 is 0.711 bits per heavy atom. The molecule has 6 N–H and O–H groups in total. The van der Waals surface area contributed by atoms with Gasteiger partial charge in [-0.15, -0.1) is 13.9 Å². The molecule has 0 amide bonds. The second-order valence-corrected chi connectivity index (χ2v) is 11.6. The Labute approximate surface area is 260 Å². The highest BCUT2D eigenvalue weighted by atomic mass is 35.5. The maximum absolute atomic E-state index is 13.8. The highest BCUT2D eigenvalue weighted by Gasteiger charge is 2.39. The Morgan fingerprint density at radius 1 is 0.474 bits per heavy atom. The van der Waals surface area contributed by atoms with Crippen LogP contribution in [0.2, 0.25) is 45.2 Å². The molecule has 0 spiro atoms. The van der Waals surface area contributed by atoms with Crippen LogP contribution < -0.4 is 33.0 Å². The number of hydrogen-bond donors (Lipinski definition) is 3. The van der Waals surface area contributed by atoms with E-state index in [0.717, 1.165) is 0 Å². The van der Waals surface area contributed by atoms with Crippen LogP contribution in [0.5, 0.6) is 0 Å². The second kappa shape index (κ2) is 13.1. The summed E-state index contributed by atoms with van der Waals surface area (Å²) in [5.41, 5.74) is -0.331. The monoisotopic (exact) mass is 722 g/mol. The number of nitrogens with zero attached hydrogens (tertiary/aromatic N) is 3. The van der Waals surface area contributed by atoms with Crippen molar-refractivity contribution in [3.63, 3.8) is 0 Å². The molecule has 0 bridgehead atoms. The third kappa shape index (κ3) is 7.10. The lowest BCUT2D eigenvalue weighted by atomic mass is 10.3. The first-order valence-electron chi connectivity index (χ1n) is 9.41. The van der Waals surface area contributed by atoms with Crippen molar-refractivity contribution in [2.45, 2.75) is 0 Å². The normalized spacial score (nSPS) is 11.6. The maximum Gasteiger partial charge on any atom is 0.543 e. The smallest absolute Gasteiger partial charge is 0.222 e. The second-order valence-electron chi connectivity index (χ2n) is 6.75. The van der Waals surface area contributed by atoms with Gasteiger partial charge in [-0.3, -0.25) is 0 Å². The SMILES string of the molecule is NN(OP(=O)(ON(N)c1ccc(Cl)c(Cl)c1Cl)ON(N)c1ccc(Cl)c(Cl)c1Cl)c1ccc(Cl)c(Cl)c1Cl. The molecule has 0 aliphatic carbocycles. The van der Waals surface area contributed by atoms with E-state index in [-0.39, 0.29) is 62.3 Å². The number of halogens is 9. The summed E-state index contributed by atoms with van der Waals surface area (Å²) in [5.74, 6) is 17.8. The molecule has 3 aromatic rings. The number of anilines is 3. The Kier molecular flexibility index (Phi) is 11.1. The standard InChI is InChI=1S/C18H12Cl9N6O4P/c19-7-1-4-10(16(25)13(7)22)31(28)35-38(34,36-32(29)11-5-2-8(20)14(23)17(11)26)37-33(30)12-6-3-9(21)15(24)18(12)27/h1-6H,28-30H2. The highest BCUT2D eigenvalue weighted by molar-refractivity contribution is 7.48. The summed E-state index contributed by atoms with van der Waals surface area (Å²) in [6.07, 6.45) is 0. The molecular formula is C18H12Cl9N6O4P. The zero-order valence-corrected chi connectivity index (χ0v) is 25.7. The lowest BCUT2D eigenvalue weighted by molar-refractivity contribution is 0.0861. The third-order valence-corrected chi connectivity index (χ3v) is 9.30. The van der Waals surface area contributed by atoms with Gasteiger partial charge < -0.3 is 0 Å². The van der Waals surface area contributed by atoms with Gasteiger partial charge in [0.2, 0.25) is 0 Å². The molecule has 0 atom stereocenters. The first kappa shape index (κ1) is 32.2. The number of benzene rings is 3. The lowest BCUT2D eigenvalue weighted by Crippen LogP contribution is -2.38. The van der Waals surface area contributed by atoms with E-state index in [1.54, 1.807) is 0 Å². The van der Waals surface area contributed by atoms with Crippen molar-refractivity contribution in [3.05, 3.63) is 81.6 Å².